The van der Waals surface area contributed by atoms with Gasteiger partial charge in [0.05, 0.1) is 6.33 Å². The average Bonchev–Trinajstić information content (AvgIpc) is 2.86. The van der Waals surface area contributed by atoms with Crippen molar-refractivity contribution in [2.45, 2.75) is 13.5 Å². The van der Waals surface area contributed by atoms with Crippen LogP contribution in [0, 0.1) is 6.92 Å². The van der Waals surface area contributed by atoms with Gasteiger partial charge in [-0.25, -0.2) is 15.0 Å². The lowest BCUT2D eigenvalue weighted by Crippen LogP contribution is -2.03. The molecule has 2 heterocycles. The van der Waals surface area contributed by atoms with E-state index >= 15 is 0 Å². The molecule has 3 N–H and O–H groups in total. The molecule has 3 rings (SSSR count). The van der Waals surface area contributed by atoms with Crippen LogP contribution in [0.15, 0.2) is 30.9 Å². The first-order chi connectivity index (χ1) is 9.24. The van der Waals surface area contributed by atoms with E-state index in [0.29, 0.717) is 18.0 Å². The molecule has 0 radical (unpaired) electrons. The maximum atomic E-state index is 9.85. The first kappa shape index (κ1) is 11.5. The predicted molar refractivity (Wildman–Crippen MR) is 71.9 cm³/mol. The third-order valence-corrected chi connectivity index (χ3v) is 2.91. The second kappa shape index (κ2) is 4.56. The van der Waals surface area contributed by atoms with Crippen LogP contribution in [0.4, 0.5) is 5.82 Å². The molecular formula is C13H13N5O. The van der Waals surface area contributed by atoms with Crippen LogP contribution in [0.3, 0.4) is 0 Å². The lowest BCUT2D eigenvalue weighted by atomic mass is 10.1. The lowest BCUT2D eigenvalue weighted by Gasteiger charge is -2.08. The van der Waals surface area contributed by atoms with E-state index in [1.54, 1.807) is 12.4 Å². The molecule has 0 bridgehead atoms. The molecule has 6 nitrogen and oxygen atoms in total. The topological polar surface area (TPSA) is 86.7 Å². The van der Waals surface area contributed by atoms with Crippen LogP contribution in [-0.2, 0) is 6.54 Å². The van der Waals surface area contributed by atoms with Gasteiger partial charge in [-0.2, -0.15) is 0 Å². The average molecular weight is 255 g/mol. The summed E-state index contributed by atoms with van der Waals surface area (Å²) >= 11 is 0. The molecule has 2 aromatic heterocycles. The number of hydrogen-bond donors (Lipinski definition) is 3. The molecule has 0 unspecified atom stereocenters. The maximum Gasteiger partial charge on any atom is 0.182 e. The van der Waals surface area contributed by atoms with Gasteiger partial charge in [0.1, 0.15) is 17.6 Å². The quantitative estimate of drug-likeness (QED) is 0.666. The number of aromatic nitrogens is 4. The van der Waals surface area contributed by atoms with E-state index in [4.69, 9.17) is 0 Å². The molecule has 0 saturated heterocycles. The summed E-state index contributed by atoms with van der Waals surface area (Å²) in [5, 5.41) is 13.0. The Balaban J connectivity index is 1.84. The van der Waals surface area contributed by atoms with Crippen molar-refractivity contribution in [2.75, 3.05) is 5.32 Å². The number of hydrogen-bond acceptors (Lipinski definition) is 5. The van der Waals surface area contributed by atoms with E-state index in [1.807, 2.05) is 19.1 Å². The van der Waals surface area contributed by atoms with Gasteiger partial charge in [-0.3, -0.25) is 0 Å². The highest BCUT2D eigenvalue weighted by Gasteiger charge is 2.06. The van der Waals surface area contributed by atoms with Crippen LogP contribution in [0.2, 0.25) is 0 Å². The third-order valence-electron chi connectivity index (χ3n) is 2.91. The summed E-state index contributed by atoms with van der Waals surface area (Å²) in [5.41, 5.74) is 3.22. The van der Waals surface area contributed by atoms with E-state index in [0.717, 1.165) is 16.6 Å². The molecule has 0 aliphatic carbocycles. The SMILES string of the molecule is Cc1ccc(CNc2ncnc3nc[nH]c23)c(O)c1. The number of phenolic OH excluding ortho intramolecular Hbond substituents is 1. The Bertz CT molecular complexity index is 722. The van der Waals surface area contributed by atoms with Crippen molar-refractivity contribution in [3.05, 3.63) is 42.0 Å². The zero-order chi connectivity index (χ0) is 13.2. The molecule has 0 saturated carbocycles. The van der Waals surface area contributed by atoms with Crippen molar-refractivity contribution in [3.63, 3.8) is 0 Å². The van der Waals surface area contributed by atoms with Crippen LogP contribution >= 0.6 is 0 Å². The van der Waals surface area contributed by atoms with Gasteiger partial charge in [-0.1, -0.05) is 12.1 Å². The van der Waals surface area contributed by atoms with Gasteiger partial charge in [0.15, 0.2) is 11.5 Å². The largest absolute Gasteiger partial charge is 0.508 e. The van der Waals surface area contributed by atoms with Gasteiger partial charge >= 0.3 is 0 Å². The van der Waals surface area contributed by atoms with Crippen molar-refractivity contribution in [3.8, 4) is 5.75 Å². The minimum absolute atomic E-state index is 0.280. The number of nitrogens with zero attached hydrogens (tertiary/aromatic N) is 3. The van der Waals surface area contributed by atoms with E-state index in [2.05, 4.69) is 25.3 Å². The summed E-state index contributed by atoms with van der Waals surface area (Å²) in [5.74, 6) is 0.949. The summed E-state index contributed by atoms with van der Waals surface area (Å²) in [6.07, 6.45) is 3.04. The molecule has 6 heteroatoms. The number of phenols is 1. The van der Waals surface area contributed by atoms with Crippen LogP contribution in [0.1, 0.15) is 11.1 Å². The molecule has 96 valence electrons. The molecule has 1 aromatic carbocycles. The Morgan fingerprint density at radius 3 is 3.00 bits per heavy atom. The number of nitrogens with one attached hydrogen (secondary N) is 2. The molecular weight excluding hydrogens is 242 g/mol. The fourth-order valence-electron chi connectivity index (χ4n) is 1.90. The van der Waals surface area contributed by atoms with Gasteiger partial charge in [0, 0.05) is 12.1 Å². The van der Waals surface area contributed by atoms with Crippen molar-refractivity contribution in [2.24, 2.45) is 0 Å². The number of rotatable bonds is 3. The Kier molecular flexibility index (Phi) is 2.75. The lowest BCUT2D eigenvalue weighted by molar-refractivity contribution is 0.468. The molecule has 0 amide bonds. The monoisotopic (exact) mass is 255 g/mol. The first-order valence-corrected chi connectivity index (χ1v) is 5.90. The van der Waals surface area contributed by atoms with Crippen molar-refractivity contribution < 1.29 is 5.11 Å². The Morgan fingerprint density at radius 2 is 2.16 bits per heavy atom. The fraction of sp³-hybridized carbons (Fsp3) is 0.154. The van der Waals surface area contributed by atoms with Crippen molar-refractivity contribution in [1.82, 2.24) is 19.9 Å². The standard InChI is InChI=1S/C13H13N5O/c1-8-2-3-9(10(19)4-8)5-14-12-11-13(16-6-15-11)18-7-17-12/h2-4,6-7,19H,5H2,1H3,(H2,14,15,16,17,18). The fourth-order valence-corrected chi connectivity index (χ4v) is 1.90. The van der Waals surface area contributed by atoms with Crippen LogP contribution in [-0.4, -0.2) is 25.0 Å². The van der Waals surface area contributed by atoms with Crippen LogP contribution < -0.4 is 5.32 Å². The van der Waals surface area contributed by atoms with Gasteiger partial charge in [0.25, 0.3) is 0 Å². The Labute approximate surface area is 109 Å². The van der Waals surface area contributed by atoms with Crippen LogP contribution in [0.25, 0.3) is 11.2 Å². The summed E-state index contributed by atoms with van der Waals surface area (Å²) in [6.45, 7) is 2.42. The van der Waals surface area contributed by atoms with Gasteiger partial charge < -0.3 is 15.4 Å². The molecule has 0 fully saturated rings. The Hall–Kier alpha value is -2.63. The highest BCUT2D eigenvalue weighted by Crippen LogP contribution is 2.21. The molecule has 0 atom stereocenters. The molecule has 0 aliphatic heterocycles. The van der Waals surface area contributed by atoms with Gasteiger partial charge in [-0.05, 0) is 18.6 Å². The van der Waals surface area contributed by atoms with E-state index < -0.39 is 0 Å². The predicted octanol–water partition coefficient (Wildman–Crippen LogP) is 1.98. The second-order valence-electron chi connectivity index (χ2n) is 4.31. The van der Waals surface area contributed by atoms with Crippen molar-refractivity contribution >= 4 is 17.0 Å². The van der Waals surface area contributed by atoms with E-state index in [9.17, 15) is 5.11 Å². The number of aromatic amines is 1. The third kappa shape index (κ3) is 2.20. The van der Waals surface area contributed by atoms with Gasteiger partial charge in [-0.15, -0.1) is 0 Å². The summed E-state index contributed by atoms with van der Waals surface area (Å²) < 4.78 is 0. The minimum atomic E-state index is 0.280. The smallest absolute Gasteiger partial charge is 0.182 e. The number of fused-ring (bicyclic) bond motifs is 1. The number of anilines is 1. The zero-order valence-electron chi connectivity index (χ0n) is 10.4. The summed E-state index contributed by atoms with van der Waals surface area (Å²) in [6, 6.07) is 5.59. The zero-order valence-corrected chi connectivity index (χ0v) is 10.4. The second-order valence-corrected chi connectivity index (χ2v) is 4.31. The summed E-state index contributed by atoms with van der Waals surface area (Å²) in [7, 11) is 0. The van der Waals surface area contributed by atoms with Gasteiger partial charge in [0.2, 0.25) is 0 Å². The maximum absolute atomic E-state index is 9.85. The number of benzene rings is 1. The minimum Gasteiger partial charge on any atom is -0.508 e. The molecule has 0 spiro atoms. The Morgan fingerprint density at radius 1 is 1.26 bits per heavy atom. The number of imidazole rings is 1. The number of aryl methyl sites for hydroxylation is 1. The van der Waals surface area contributed by atoms with E-state index in [1.165, 1.54) is 6.33 Å². The number of H-pyrrole nitrogens is 1. The first-order valence-electron chi connectivity index (χ1n) is 5.90. The van der Waals surface area contributed by atoms with E-state index in [-0.39, 0.29) is 5.75 Å². The van der Waals surface area contributed by atoms with Crippen LogP contribution in [0.5, 0.6) is 5.75 Å². The number of aromatic hydroxyl groups is 1. The molecule has 3 aromatic rings. The highest BCUT2D eigenvalue weighted by atomic mass is 16.3. The highest BCUT2D eigenvalue weighted by molar-refractivity contribution is 5.81. The molecule has 19 heavy (non-hydrogen) atoms. The summed E-state index contributed by atoms with van der Waals surface area (Å²) in [4.78, 5) is 15.3. The molecule has 0 aliphatic rings. The van der Waals surface area contributed by atoms with Crippen molar-refractivity contribution in [1.29, 1.82) is 0 Å². The normalized spacial score (nSPS) is 10.8.